The van der Waals surface area contributed by atoms with Crippen molar-refractivity contribution in [1.29, 1.82) is 0 Å². The van der Waals surface area contributed by atoms with Crippen molar-refractivity contribution in [3.05, 3.63) is 36.9 Å². The van der Waals surface area contributed by atoms with Crippen LogP contribution in [0.2, 0.25) is 0 Å². The van der Waals surface area contributed by atoms with Crippen molar-refractivity contribution in [3.8, 4) is 5.75 Å². The minimum Gasteiger partial charge on any atom is -0.492 e. The molecule has 1 aromatic rings. The SMILES string of the molecule is [CH2-]N(C)C(C)COc1ccc(CC)cc1.[W]. The summed E-state index contributed by atoms with van der Waals surface area (Å²) in [6, 6.07) is 8.58. The fourth-order valence-electron chi connectivity index (χ4n) is 1.17. The maximum Gasteiger partial charge on any atom is 0.119 e. The number of ether oxygens (including phenoxy) is 1. The minimum absolute atomic E-state index is 0. The fourth-order valence-corrected chi connectivity index (χ4v) is 1.17. The van der Waals surface area contributed by atoms with E-state index < -0.39 is 0 Å². The molecule has 1 atom stereocenters. The summed E-state index contributed by atoms with van der Waals surface area (Å²) in [5.74, 6) is 0.931. The van der Waals surface area contributed by atoms with Gasteiger partial charge in [0.25, 0.3) is 0 Å². The first-order chi connectivity index (χ1) is 7.13. The van der Waals surface area contributed by atoms with Gasteiger partial charge in [0, 0.05) is 27.1 Å². The molecule has 0 fully saturated rings. The molecule has 0 saturated heterocycles. The quantitative estimate of drug-likeness (QED) is 0.718. The zero-order valence-corrected chi connectivity index (χ0v) is 13.2. The number of benzene rings is 1. The molecule has 0 aliphatic carbocycles. The van der Waals surface area contributed by atoms with Crippen molar-refractivity contribution in [2.45, 2.75) is 26.3 Å². The monoisotopic (exact) mass is 390 g/mol. The second-order valence-electron chi connectivity index (χ2n) is 3.91. The summed E-state index contributed by atoms with van der Waals surface area (Å²) in [6.07, 6.45) is 1.07. The molecule has 0 saturated carbocycles. The van der Waals surface area contributed by atoms with Crippen LogP contribution in [0.3, 0.4) is 0 Å². The second-order valence-corrected chi connectivity index (χ2v) is 3.91. The summed E-state index contributed by atoms with van der Waals surface area (Å²) in [4.78, 5) is 1.90. The van der Waals surface area contributed by atoms with E-state index in [-0.39, 0.29) is 21.1 Å². The molecule has 2 nitrogen and oxygen atoms in total. The average molecular weight is 390 g/mol. The van der Waals surface area contributed by atoms with Gasteiger partial charge in [0.2, 0.25) is 0 Å². The molecule has 0 aliphatic rings. The van der Waals surface area contributed by atoms with Gasteiger partial charge in [-0.25, -0.2) is 0 Å². The van der Waals surface area contributed by atoms with E-state index in [9.17, 15) is 0 Å². The van der Waals surface area contributed by atoms with Crippen LogP contribution >= 0.6 is 0 Å². The van der Waals surface area contributed by atoms with Crippen LogP contribution in [0.1, 0.15) is 19.4 Å². The van der Waals surface area contributed by atoms with Crippen molar-refractivity contribution in [1.82, 2.24) is 4.90 Å². The van der Waals surface area contributed by atoms with Crippen LogP contribution in [0.25, 0.3) is 0 Å². The van der Waals surface area contributed by atoms with E-state index in [2.05, 4.69) is 33.0 Å². The molecule has 1 rings (SSSR count). The summed E-state index contributed by atoms with van der Waals surface area (Å²) >= 11 is 0. The number of nitrogens with zero attached hydrogens (tertiary/aromatic N) is 1. The number of likely N-dealkylation sites (N-methyl/N-ethyl adjacent to an activating group) is 1. The Bertz CT molecular complexity index is 284. The van der Waals surface area contributed by atoms with Gasteiger partial charge < -0.3 is 9.64 Å². The van der Waals surface area contributed by atoms with Gasteiger partial charge in [0.1, 0.15) is 12.4 Å². The van der Waals surface area contributed by atoms with Crippen LogP contribution in [0.5, 0.6) is 5.75 Å². The van der Waals surface area contributed by atoms with Crippen molar-refractivity contribution in [2.24, 2.45) is 0 Å². The molecule has 0 bridgehead atoms. The van der Waals surface area contributed by atoms with E-state index in [1.807, 2.05) is 24.1 Å². The van der Waals surface area contributed by atoms with Crippen LogP contribution in [0, 0.1) is 7.05 Å². The Morgan fingerprint density at radius 2 is 1.88 bits per heavy atom. The largest absolute Gasteiger partial charge is 0.492 e. The molecule has 0 heterocycles. The first-order valence-electron chi connectivity index (χ1n) is 5.38. The Kier molecular flexibility index (Phi) is 7.70. The molecular weight excluding hydrogens is 370 g/mol. The van der Waals surface area contributed by atoms with E-state index >= 15 is 0 Å². The molecule has 0 amide bonds. The molecule has 0 aromatic heterocycles. The van der Waals surface area contributed by atoms with Gasteiger partial charge in [-0.3, -0.25) is 7.05 Å². The normalized spacial score (nSPS) is 12.1. The Morgan fingerprint density at radius 3 is 2.31 bits per heavy atom. The summed E-state index contributed by atoms with van der Waals surface area (Å²) in [7, 11) is 5.78. The number of hydrogen-bond acceptors (Lipinski definition) is 2. The molecular formula is C13H20NOW-. The van der Waals surface area contributed by atoms with Crippen LogP contribution in [0.4, 0.5) is 0 Å². The topological polar surface area (TPSA) is 12.5 Å². The van der Waals surface area contributed by atoms with Crippen LogP contribution < -0.4 is 4.74 Å². The Morgan fingerprint density at radius 1 is 1.31 bits per heavy atom. The van der Waals surface area contributed by atoms with Crippen molar-refractivity contribution in [2.75, 3.05) is 13.7 Å². The van der Waals surface area contributed by atoms with Gasteiger partial charge in [-0.2, -0.15) is 0 Å². The van der Waals surface area contributed by atoms with E-state index in [0.717, 1.165) is 12.2 Å². The second kappa shape index (κ2) is 7.86. The molecule has 1 aromatic carbocycles. The zero-order valence-electron chi connectivity index (χ0n) is 10.3. The van der Waals surface area contributed by atoms with Crippen molar-refractivity contribution >= 4 is 0 Å². The van der Waals surface area contributed by atoms with E-state index in [1.54, 1.807) is 0 Å². The summed E-state index contributed by atoms with van der Waals surface area (Å²) in [6.45, 7) is 4.91. The third-order valence-corrected chi connectivity index (χ3v) is 2.58. The molecule has 16 heavy (non-hydrogen) atoms. The van der Waals surface area contributed by atoms with Gasteiger partial charge >= 0.3 is 0 Å². The van der Waals surface area contributed by atoms with Gasteiger partial charge in [-0.05, 0) is 38.1 Å². The molecule has 0 N–H and O–H groups in total. The first kappa shape index (κ1) is 15.7. The van der Waals surface area contributed by atoms with E-state index in [4.69, 9.17) is 4.74 Å². The molecule has 90 valence electrons. The van der Waals surface area contributed by atoms with E-state index in [0.29, 0.717) is 12.6 Å². The Labute approximate surface area is 113 Å². The molecule has 1 unspecified atom stereocenters. The van der Waals surface area contributed by atoms with Gasteiger partial charge in [-0.1, -0.05) is 19.1 Å². The smallest absolute Gasteiger partial charge is 0.119 e. The van der Waals surface area contributed by atoms with Gasteiger partial charge in [-0.15, -0.1) is 0 Å². The number of rotatable bonds is 5. The van der Waals surface area contributed by atoms with Crippen LogP contribution in [-0.2, 0) is 27.5 Å². The molecule has 0 spiro atoms. The van der Waals surface area contributed by atoms with Gasteiger partial charge in [0.15, 0.2) is 0 Å². The van der Waals surface area contributed by atoms with Crippen molar-refractivity contribution in [3.63, 3.8) is 0 Å². The Hall–Kier alpha value is -0.332. The summed E-state index contributed by atoms with van der Waals surface area (Å²) in [5.41, 5.74) is 1.34. The summed E-state index contributed by atoms with van der Waals surface area (Å²) in [5, 5.41) is 0. The van der Waals surface area contributed by atoms with Crippen LogP contribution in [-0.4, -0.2) is 24.6 Å². The maximum absolute atomic E-state index is 5.65. The predicted molar refractivity (Wildman–Crippen MR) is 63.9 cm³/mol. The molecule has 0 aliphatic heterocycles. The first-order valence-corrected chi connectivity index (χ1v) is 5.38. The minimum atomic E-state index is 0. The zero-order chi connectivity index (χ0) is 11.3. The average Bonchev–Trinajstić information content (AvgIpc) is 2.26. The van der Waals surface area contributed by atoms with Gasteiger partial charge in [0.05, 0.1) is 0 Å². The third kappa shape index (κ3) is 5.14. The molecule has 0 radical (unpaired) electrons. The number of aryl methyl sites for hydroxylation is 1. The van der Waals surface area contributed by atoms with Crippen molar-refractivity contribution < 1.29 is 25.8 Å². The van der Waals surface area contributed by atoms with Crippen LogP contribution in [0.15, 0.2) is 24.3 Å². The summed E-state index contributed by atoms with van der Waals surface area (Å²) < 4.78 is 5.65. The standard InChI is InChI=1S/C13H20NO.W/c1-5-12-6-8-13(9-7-12)15-10-11(2)14(3)4;/h6-9,11H,3,5,10H2,1-2,4H3;/q-1;. The molecule has 3 heteroatoms. The number of hydrogen-bond donors (Lipinski definition) is 0. The fraction of sp³-hybridized carbons (Fsp3) is 0.462. The predicted octanol–water partition coefficient (Wildman–Crippen LogP) is 2.74. The third-order valence-electron chi connectivity index (χ3n) is 2.58. The Balaban J connectivity index is 0.00000225. The van der Waals surface area contributed by atoms with E-state index in [1.165, 1.54) is 5.56 Å². The maximum atomic E-state index is 5.65.